The standard InChI is InChI=1S/C13H22N2O2/c1-3-4-5-9-15(10-11-16)13(17)12-7-6-8-14(12)2/h6-8,16H,3-5,9-11H2,1-2H3. The molecule has 1 N–H and O–H groups in total. The number of carbonyl (C=O) groups is 1. The highest BCUT2D eigenvalue weighted by Gasteiger charge is 2.16. The minimum absolute atomic E-state index is 0.00246. The maximum Gasteiger partial charge on any atom is 0.270 e. The molecule has 0 aromatic carbocycles. The van der Waals surface area contributed by atoms with Crippen LogP contribution in [0.5, 0.6) is 0 Å². The van der Waals surface area contributed by atoms with E-state index in [0.717, 1.165) is 25.8 Å². The summed E-state index contributed by atoms with van der Waals surface area (Å²) < 4.78 is 1.81. The van der Waals surface area contributed by atoms with Gasteiger partial charge in [0.05, 0.1) is 6.61 Å². The van der Waals surface area contributed by atoms with Crippen LogP contribution in [0.4, 0.5) is 0 Å². The van der Waals surface area contributed by atoms with Gasteiger partial charge in [0, 0.05) is 26.3 Å². The number of aryl methyl sites for hydroxylation is 1. The molecule has 0 atom stereocenters. The fraction of sp³-hybridized carbons (Fsp3) is 0.615. The van der Waals surface area contributed by atoms with Crippen LogP contribution < -0.4 is 0 Å². The van der Waals surface area contributed by atoms with Crippen LogP contribution in [-0.2, 0) is 7.05 Å². The Balaban J connectivity index is 2.63. The fourth-order valence-electron chi connectivity index (χ4n) is 1.83. The van der Waals surface area contributed by atoms with Crippen molar-refractivity contribution in [1.82, 2.24) is 9.47 Å². The Morgan fingerprint density at radius 3 is 2.71 bits per heavy atom. The lowest BCUT2D eigenvalue weighted by Gasteiger charge is -2.21. The van der Waals surface area contributed by atoms with Crippen LogP contribution in [0.1, 0.15) is 36.7 Å². The van der Waals surface area contributed by atoms with Crippen molar-refractivity contribution >= 4 is 5.91 Å². The number of unbranched alkanes of at least 4 members (excludes halogenated alkanes) is 2. The van der Waals surface area contributed by atoms with Crippen LogP contribution in [0.3, 0.4) is 0 Å². The Labute approximate surface area is 103 Å². The highest BCUT2D eigenvalue weighted by molar-refractivity contribution is 5.92. The third kappa shape index (κ3) is 3.89. The van der Waals surface area contributed by atoms with Gasteiger partial charge in [0.2, 0.25) is 0 Å². The number of aromatic nitrogens is 1. The first-order valence-corrected chi connectivity index (χ1v) is 6.22. The van der Waals surface area contributed by atoms with Crippen molar-refractivity contribution in [3.05, 3.63) is 24.0 Å². The second kappa shape index (κ2) is 7.12. The molecule has 0 unspecified atom stereocenters. The van der Waals surface area contributed by atoms with Gasteiger partial charge in [0.15, 0.2) is 0 Å². The largest absolute Gasteiger partial charge is 0.395 e. The van der Waals surface area contributed by atoms with E-state index in [0.29, 0.717) is 12.2 Å². The zero-order valence-corrected chi connectivity index (χ0v) is 10.7. The smallest absolute Gasteiger partial charge is 0.270 e. The van der Waals surface area contributed by atoms with Crippen LogP contribution in [0.25, 0.3) is 0 Å². The van der Waals surface area contributed by atoms with Crippen LogP contribution in [-0.4, -0.2) is 40.2 Å². The van der Waals surface area contributed by atoms with E-state index >= 15 is 0 Å². The number of carbonyl (C=O) groups excluding carboxylic acids is 1. The molecule has 1 aromatic heterocycles. The molecule has 17 heavy (non-hydrogen) atoms. The highest BCUT2D eigenvalue weighted by Crippen LogP contribution is 2.07. The number of hydrogen-bond acceptors (Lipinski definition) is 2. The molecule has 4 heteroatoms. The highest BCUT2D eigenvalue weighted by atomic mass is 16.3. The lowest BCUT2D eigenvalue weighted by atomic mass is 10.2. The van der Waals surface area contributed by atoms with Gasteiger partial charge in [-0.3, -0.25) is 4.79 Å². The summed E-state index contributed by atoms with van der Waals surface area (Å²) in [7, 11) is 1.86. The summed E-state index contributed by atoms with van der Waals surface area (Å²) in [4.78, 5) is 13.9. The molecule has 1 heterocycles. The molecule has 0 spiro atoms. The van der Waals surface area contributed by atoms with E-state index in [4.69, 9.17) is 5.11 Å². The Hall–Kier alpha value is -1.29. The van der Waals surface area contributed by atoms with Gasteiger partial charge in [0.1, 0.15) is 5.69 Å². The van der Waals surface area contributed by atoms with Crippen molar-refractivity contribution in [3.8, 4) is 0 Å². The van der Waals surface area contributed by atoms with Gasteiger partial charge in [-0.15, -0.1) is 0 Å². The average Bonchev–Trinajstić information content (AvgIpc) is 2.74. The zero-order chi connectivity index (χ0) is 12.7. The number of hydrogen-bond donors (Lipinski definition) is 1. The monoisotopic (exact) mass is 238 g/mol. The Kier molecular flexibility index (Phi) is 5.77. The number of nitrogens with zero attached hydrogens (tertiary/aromatic N) is 2. The Bertz CT molecular complexity index is 347. The molecule has 0 radical (unpaired) electrons. The number of aliphatic hydroxyl groups excluding tert-OH is 1. The third-order valence-corrected chi connectivity index (χ3v) is 2.85. The van der Waals surface area contributed by atoms with Gasteiger partial charge >= 0.3 is 0 Å². The predicted molar refractivity (Wildman–Crippen MR) is 67.9 cm³/mol. The minimum Gasteiger partial charge on any atom is -0.395 e. The summed E-state index contributed by atoms with van der Waals surface area (Å²) in [5, 5.41) is 9.01. The fourth-order valence-corrected chi connectivity index (χ4v) is 1.83. The van der Waals surface area contributed by atoms with Gasteiger partial charge in [-0.1, -0.05) is 19.8 Å². The first kappa shape index (κ1) is 13.8. The summed E-state index contributed by atoms with van der Waals surface area (Å²) in [6.45, 7) is 3.28. The first-order valence-electron chi connectivity index (χ1n) is 6.22. The van der Waals surface area contributed by atoms with Crippen molar-refractivity contribution in [3.63, 3.8) is 0 Å². The second-order valence-electron chi connectivity index (χ2n) is 4.23. The van der Waals surface area contributed by atoms with Gasteiger partial charge < -0.3 is 14.6 Å². The predicted octanol–water partition coefficient (Wildman–Crippen LogP) is 1.65. The van der Waals surface area contributed by atoms with Crippen LogP contribution >= 0.6 is 0 Å². The van der Waals surface area contributed by atoms with Gasteiger partial charge in [-0.05, 0) is 18.6 Å². The number of amides is 1. The molecule has 0 aliphatic heterocycles. The Morgan fingerprint density at radius 2 is 2.18 bits per heavy atom. The molecule has 0 bridgehead atoms. The van der Waals surface area contributed by atoms with E-state index in [9.17, 15) is 4.79 Å². The molecule has 0 aliphatic rings. The minimum atomic E-state index is 0.00246. The molecule has 1 amide bonds. The van der Waals surface area contributed by atoms with Crippen molar-refractivity contribution in [2.24, 2.45) is 7.05 Å². The van der Waals surface area contributed by atoms with E-state index in [1.54, 1.807) is 4.90 Å². The van der Waals surface area contributed by atoms with Crippen LogP contribution in [0.15, 0.2) is 18.3 Å². The lowest BCUT2D eigenvalue weighted by Crippen LogP contribution is -2.35. The van der Waals surface area contributed by atoms with E-state index in [1.165, 1.54) is 0 Å². The van der Waals surface area contributed by atoms with Crippen LogP contribution in [0, 0.1) is 0 Å². The third-order valence-electron chi connectivity index (χ3n) is 2.85. The van der Waals surface area contributed by atoms with Crippen molar-refractivity contribution in [2.75, 3.05) is 19.7 Å². The van der Waals surface area contributed by atoms with E-state index < -0.39 is 0 Å². The molecule has 4 nitrogen and oxygen atoms in total. The summed E-state index contributed by atoms with van der Waals surface area (Å²) in [5.41, 5.74) is 0.676. The summed E-state index contributed by atoms with van der Waals surface area (Å²) >= 11 is 0. The van der Waals surface area contributed by atoms with Crippen LogP contribution in [0.2, 0.25) is 0 Å². The molecule has 1 aromatic rings. The number of aliphatic hydroxyl groups is 1. The molecule has 96 valence electrons. The van der Waals surface area contributed by atoms with Gasteiger partial charge in [0.25, 0.3) is 5.91 Å². The Morgan fingerprint density at radius 1 is 1.41 bits per heavy atom. The molecule has 0 aliphatic carbocycles. The lowest BCUT2D eigenvalue weighted by molar-refractivity contribution is 0.0709. The zero-order valence-electron chi connectivity index (χ0n) is 10.7. The summed E-state index contributed by atoms with van der Waals surface area (Å²) in [6.07, 6.45) is 5.09. The van der Waals surface area contributed by atoms with Crippen molar-refractivity contribution in [1.29, 1.82) is 0 Å². The molecular formula is C13H22N2O2. The first-order chi connectivity index (χ1) is 8.20. The SMILES string of the molecule is CCCCCN(CCO)C(=O)c1cccn1C. The molecule has 1 rings (SSSR count). The van der Waals surface area contributed by atoms with Crippen molar-refractivity contribution in [2.45, 2.75) is 26.2 Å². The summed E-state index contributed by atoms with van der Waals surface area (Å²) in [5.74, 6) is 0.00246. The summed E-state index contributed by atoms with van der Waals surface area (Å²) in [6, 6.07) is 3.67. The molecule has 0 fully saturated rings. The average molecular weight is 238 g/mol. The quantitative estimate of drug-likeness (QED) is 0.734. The second-order valence-corrected chi connectivity index (χ2v) is 4.23. The van der Waals surface area contributed by atoms with E-state index in [1.807, 2.05) is 29.9 Å². The van der Waals surface area contributed by atoms with Gasteiger partial charge in [-0.2, -0.15) is 0 Å². The topological polar surface area (TPSA) is 45.5 Å². The maximum atomic E-state index is 12.2. The molecule has 0 saturated heterocycles. The van der Waals surface area contributed by atoms with Gasteiger partial charge in [-0.25, -0.2) is 0 Å². The van der Waals surface area contributed by atoms with Crippen molar-refractivity contribution < 1.29 is 9.90 Å². The van der Waals surface area contributed by atoms with E-state index in [2.05, 4.69) is 6.92 Å². The number of rotatable bonds is 7. The maximum absolute atomic E-state index is 12.2. The van der Waals surface area contributed by atoms with E-state index in [-0.39, 0.29) is 12.5 Å². The molecule has 0 saturated carbocycles. The normalized spacial score (nSPS) is 10.5. The molecular weight excluding hydrogens is 216 g/mol.